The molecule has 170 valence electrons. The van der Waals surface area contributed by atoms with Crippen molar-refractivity contribution in [3.8, 4) is 11.5 Å². The normalized spacial score (nSPS) is 12.7. The van der Waals surface area contributed by atoms with E-state index in [4.69, 9.17) is 18.9 Å². The van der Waals surface area contributed by atoms with Gasteiger partial charge in [0.1, 0.15) is 12.2 Å². The van der Waals surface area contributed by atoms with Crippen molar-refractivity contribution >= 4 is 11.9 Å². The molecule has 1 aromatic carbocycles. The van der Waals surface area contributed by atoms with Crippen molar-refractivity contribution in [1.29, 1.82) is 0 Å². The van der Waals surface area contributed by atoms with E-state index >= 15 is 0 Å². The summed E-state index contributed by atoms with van der Waals surface area (Å²) in [6.07, 6.45) is 7.83. The van der Waals surface area contributed by atoms with E-state index in [1.54, 1.807) is 14.2 Å². The highest BCUT2D eigenvalue weighted by Gasteiger charge is 2.21. The van der Waals surface area contributed by atoms with E-state index in [-0.39, 0.29) is 24.1 Å². The highest BCUT2D eigenvalue weighted by Crippen LogP contribution is 2.28. The molecule has 0 amide bonds. The minimum atomic E-state index is -0.322. The van der Waals surface area contributed by atoms with E-state index in [1.165, 1.54) is 33.1 Å². The zero-order valence-electron chi connectivity index (χ0n) is 19.2. The second kappa shape index (κ2) is 14.7. The molecule has 30 heavy (non-hydrogen) atoms. The highest BCUT2D eigenvalue weighted by molar-refractivity contribution is 5.66. The third-order valence-electron chi connectivity index (χ3n) is 5.02. The summed E-state index contributed by atoms with van der Waals surface area (Å²) in [5.41, 5.74) is 1.06. The van der Waals surface area contributed by atoms with Gasteiger partial charge in [0.2, 0.25) is 0 Å². The molecule has 0 aliphatic carbocycles. The van der Waals surface area contributed by atoms with Gasteiger partial charge in [-0.1, -0.05) is 38.7 Å². The van der Waals surface area contributed by atoms with Crippen LogP contribution < -0.4 is 9.47 Å². The third kappa shape index (κ3) is 10.5. The molecule has 1 rings (SSSR count). The Morgan fingerprint density at radius 1 is 0.833 bits per heavy atom. The van der Waals surface area contributed by atoms with Crippen molar-refractivity contribution in [2.45, 2.75) is 90.8 Å². The summed E-state index contributed by atoms with van der Waals surface area (Å²) in [7, 11) is 3.21. The number of methoxy groups -OCH3 is 2. The van der Waals surface area contributed by atoms with Crippen molar-refractivity contribution in [3.63, 3.8) is 0 Å². The first kappa shape index (κ1) is 25.8. The molecule has 0 bridgehead atoms. The second-order valence-electron chi connectivity index (χ2n) is 7.63. The molecule has 0 fully saturated rings. The van der Waals surface area contributed by atoms with Crippen molar-refractivity contribution in [1.82, 2.24) is 0 Å². The first-order valence-corrected chi connectivity index (χ1v) is 10.9. The first-order valence-electron chi connectivity index (χ1n) is 10.9. The predicted molar refractivity (Wildman–Crippen MR) is 117 cm³/mol. The Hall–Kier alpha value is -2.24. The number of hydrogen-bond acceptors (Lipinski definition) is 6. The molecule has 0 heterocycles. The molecule has 0 aliphatic heterocycles. The van der Waals surface area contributed by atoms with Crippen LogP contribution in [0.5, 0.6) is 11.5 Å². The maximum atomic E-state index is 11.6. The average molecular weight is 423 g/mol. The quantitative estimate of drug-likeness (QED) is 0.284. The summed E-state index contributed by atoms with van der Waals surface area (Å²) in [4.78, 5) is 23.2. The van der Waals surface area contributed by atoms with Crippen molar-refractivity contribution in [2.75, 3.05) is 14.2 Å². The number of carbonyl (C=O) groups excluding carboxylic acids is 2. The molecule has 0 aromatic heterocycles. The average Bonchev–Trinajstić information content (AvgIpc) is 2.70. The number of benzene rings is 1. The molecule has 6 heteroatoms. The fourth-order valence-corrected chi connectivity index (χ4v) is 3.55. The summed E-state index contributed by atoms with van der Waals surface area (Å²) in [5, 5.41) is 0. The Kier molecular flexibility index (Phi) is 12.6. The van der Waals surface area contributed by atoms with Gasteiger partial charge in [-0.2, -0.15) is 0 Å². The van der Waals surface area contributed by atoms with Gasteiger partial charge in [0.05, 0.1) is 14.2 Å². The fraction of sp³-hybridized carbons (Fsp3) is 0.667. The van der Waals surface area contributed by atoms with Crippen LogP contribution in [0.3, 0.4) is 0 Å². The van der Waals surface area contributed by atoms with Gasteiger partial charge in [-0.25, -0.2) is 0 Å². The monoisotopic (exact) mass is 422 g/mol. The molecule has 2 unspecified atom stereocenters. The summed E-state index contributed by atoms with van der Waals surface area (Å²) in [6, 6.07) is 5.78. The minimum absolute atomic E-state index is 0.237. The van der Waals surface area contributed by atoms with Crippen LogP contribution in [0.1, 0.15) is 77.7 Å². The standard InChI is InChI=1S/C24H38O6/c1-6-7-8-9-10-11-21(29-18(2)25)17-22(30-19(3)26)14-12-20-13-15-23(27-4)24(16-20)28-5/h13,15-16,21-22H,6-12,14,17H2,1-5H3. The van der Waals surface area contributed by atoms with Crippen LogP contribution in [0.25, 0.3) is 0 Å². The van der Waals surface area contributed by atoms with E-state index in [0.29, 0.717) is 30.8 Å². The predicted octanol–water partition coefficient (Wildman–Crippen LogP) is 5.25. The third-order valence-corrected chi connectivity index (χ3v) is 5.02. The van der Waals surface area contributed by atoms with Crippen LogP contribution in [0, 0.1) is 0 Å². The van der Waals surface area contributed by atoms with Gasteiger partial charge in [-0.05, 0) is 43.4 Å². The molecule has 0 saturated heterocycles. The number of ether oxygens (including phenoxy) is 4. The van der Waals surface area contributed by atoms with Gasteiger partial charge < -0.3 is 18.9 Å². The Balaban J connectivity index is 2.72. The van der Waals surface area contributed by atoms with Crippen LogP contribution in [0.15, 0.2) is 18.2 Å². The molecular weight excluding hydrogens is 384 g/mol. The van der Waals surface area contributed by atoms with Crippen LogP contribution in [-0.4, -0.2) is 38.4 Å². The van der Waals surface area contributed by atoms with E-state index in [1.807, 2.05) is 18.2 Å². The van der Waals surface area contributed by atoms with Crippen LogP contribution >= 0.6 is 0 Å². The lowest BCUT2D eigenvalue weighted by molar-refractivity contribution is -0.153. The van der Waals surface area contributed by atoms with Gasteiger partial charge >= 0.3 is 11.9 Å². The van der Waals surface area contributed by atoms with Gasteiger partial charge in [0.25, 0.3) is 0 Å². The van der Waals surface area contributed by atoms with Gasteiger partial charge in [0.15, 0.2) is 11.5 Å². The molecular formula is C24H38O6. The Morgan fingerprint density at radius 3 is 2.00 bits per heavy atom. The van der Waals surface area contributed by atoms with Gasteiger partial charge in [-0.3, -0.25) is 9.59 Å². The van der Waals surface area contributed by atoms with E-state index in [9.17, 15) is 9.59 Å². The number of carbonyl (C=O) groups is 2. The minimum Gasteiger partial charge on any atom is -0.493 e. The second-order valence-corrected chi connectivity index (χ2v) is 7.63. The number of hydrogen-bond donors (Lipinski definition) is 0. The molecule has 1 aromatic rings. The maximum Gasteiger partial charge on any atom is 0.302 e. The summed E-state index contributed by atoms with van der Waals surface area (Å²) in [5.74, 6) is 0.728. The number of unbranched alkanes of at least 4 members (excludes halogenated alkanes) is 4. The molecule has 0 radical (unpaired) electrons. The Labute approximate surface area is 181 Å². The van der Waals surface area contributed by atoms with E-state index in [2.05, 4.69) is 6.92 Å². The van der Waals surface area contributed by atoms with Crippen molar-refractivity contribution < 1.29 is 28.5 Å². The Morgan fingerprint density at radius 2 is 1.43 bits per heavy atom. The van der Waals surface area contributed by atoms with Crippen LogP contribution in [0.4, 0.5) is 0 Å². The zero-order chi connectivity index (χ0) is 22.4. The smallest absolute Gasteiger partial charge is 0.302 e. The molecule has 0 N–H and O–H groups in total. The van der Waals surface area contributed by atoms with Crippen LogP contribution in [0.2, 0.25) is 0 Å². The van der Waals surface area contributed by atoms with E-state index in [0.717, 1.165) is 24.8 Å². The maximum absolute atomic E-state index is 11.6. The molecule has 0 spiro atoms. The number of esters is 2. The summed E-state index contributed by atoms with van der Waals surface area (Å²) in [6.45, 7) is 5.02. The zero-order valence-corrected chi connectivity index (χ0v) is 19.2. The highest BCUT2D eigenvalue weighted by atomic mass is 16.6. The largest absolute Gasteiger partial charge is 0.493 e. The SMILES string of the molecule is CCCCCCCC(CC(CCc1ccc(OC)c(OC)c1)OC(C)=O)OC(C)=O. The van der Waals surface area contributed by atoms with Crippen molar-refractivity contribution in [2.24, 2.45) is 0 Å². The molecule has 6 nitrogen and oxygen atoms in total. The number of aryl methyl sites for hydroxylation is 1. The molecule has 2 atom stereocenters. The van der Waals surface area contributed by atoms with Crippen molar-refractivity contribution in [3.05, 3.63) is 23.8 Å². The van der Waals surface area contributed by atoms with Gasteiger partial charge in [-0.15, -0.1) is 0 Å². The topological polar surface area (TPSA) is 71.1 Å². The van der Waals surface area contributed by atoms with Crippen LogP contribution in [-0.2, 0) is 25.5 Å². The first-order chi connectivity index (χ1) is 14.4. The molecule has 0 aliphatic rings. The van der Waals surface area contributed by atoms with Gasteiger partial charge in [0, 0.05) is 20.3 Å². The Bertz CT molecular complexity index is 643. The lowest BCUT2D eigenvalue weighted by atomic mass is 9.99. The number of rotatable bonds is 15. The molecule has 0 saturated carbocycles. The lowest BCUT2D eigenvalue weighted by Gasteiger charge is -2.23. The van der Waals surface area contributed by atoms with E-state index < -0.39 is 0 Å². The fourth-order valence-electron chi connectivity index (χ4n) is 3.55. The lowest BCUT2D eigenvalue weighted by Crippen LogP contribution is -2.27. The summed E-state index contributed by atoms with van der Waals surface area (Å²) < 4.78 is 21.7. The summed E-state index contributed by atoms with van der Waals surface area (Å²) >= 11 is 0.